The van der Waals surface area contributed by atoms with Gasteiger partial charge in [-0.2, -0.15) is 4.98 Å². The molecule has 0 bridgehead atoms. The summed E-state index contributed by atoms with van der Waals surface area (Å²) in [4.78, 5) is 29.5. The van der Waals surface area contributed by atoms with E-state index in [1.165, 1.54) is 4.57 Å². The minimum atomic E-state index is -0.271. The van der Waals surface area contributed by atoms with Crippen molar-refractivity contribution in [2.45, 2.75) is 53.2 Å². The monoisotopic (exact) mass is 293 g/mol. The molecule has 0 aliphatic rings. The van der Waals surface area contributed by atoms with Gasteiger partial charge in [0.25, 0.3) is 5.56 Å². The Labute approximate surface area is 123 Å². The number of nitrogens with one attached hydrogen (secondary N) is 1. The van der Waals surface area contributed by atoms with Gasteiger partial charge in [0.1, 0.15) is 0 Å². The fourth-order valence-corrected chi connectivity index (χ4v) is 2.59. The number of fused-ring (bicyclic) bond motifs is 1. The number of aryl methyl sites for hydroxylation is 2. The van der Waals surface area contributed by atoms with Gasteiger partial charge in [-0.25, -0.2) is 4.79 Å². The van der Waals surface area contributed by atoms with Gasteiger partial charge in [-0.05, 0) is 20.3 Å². The van der Waals surface area contributed by atoms with Crippen LogP contribution < -0.4 is 16.6 Å². The number of unbranched alkanes of at least 4 members (excludes halogenated alkanes) is 1. The number of nitrogens with zero attached hydrogens (tertiary/aromatic N) is 4. The van der Waals surface area contributed by atoms with E-state index < -0.39 is 0 Å². The molecule has 2 heterocycles. The summed E-state index contributed by atoms with van der Waals surface area (Å²) in [5.41, 5.74) is 0.446. The zero-order chi connectivity index (χ0) is 15.6. The van der Waals surface area contributed by atoms with Crippen LogP contribution in [0.2, 0.25) is 0 Å². The smallest absolute Gasteiger partial charge is 0.332 e. The Bertz CT molecular complexity index is 753. The van der Waals surface area contributed by atoms with Gasteiger partial charge < -0.3 is 9.88 Å². The number of aromatic nitrogens is 4. The average molecular weight is 293 g/mol. The molecule has 0 saturated carbocycles. The highest BCUT2D eigenvalue weighted by Gasteiger charge is 2.19. The number of imidazole rings is 1. The number of hydrogen-bond donors (Lipinski definition) is 1. The predicted octanol–water partition coefficient (Wildman–Crippen LogP) is 1.24. The molecular weight excluding hydrogens is 270 g/mol. The van der Waals surface area contributed by atoms with Crippen LogP contribution in [0.5, 0.6) is 0 Å². The Morgan fingerprint density at radius 3 is 2.24 bits per heavy atom. The van der Waals surface area contributed by atoms with Crippen LogP contribution in [0.4, 0.5) is 5.95 Å². The maximum absolute atomic E-state index is 12.6. The van der Waals surface area contributed by atoms with E-state index in [1.807, 2.05) is 18.4 Å². The zero-order valence-corrected chi connectivity index (χ0v) is 13.1. The van der Waals surface area contributed by atoms with Crippen molar-refractivity contribution in [2.75, 3.05) is 12.4 Å². The highest BCUT2D eigenvalue weighted by atomic mass is 16.2. The molecule has 0 unspecified atom stereocenters. The SMILES string of the molecule is CCCCn1c(=O)n(CC)c(=O)c2c1nc(NC)n2CC. The van der Waals surface area contributed by atoms with E-state index in [0.717, 1.165) is 12.8 Å². The van der Waals surface area contributed by atoms with Crippen molar-refractivity contribution >= 4 is 17.1 Å². The summed E-state index contributed by atoms with van der Waals surface area (Å²) < 4.78 is 4.73. The molecule has 0 aliphatic carbocycles. The summed E-state index contributed by atoms with van der Waals surface area (Å²) in [6, 6.07) is 0. The molecule has 0 radical (unpaired) electrons. The van der Waals surface area contributed by atoms with Crippen molar-refractivity contribution in [3.63, 3.8) is 0 Å². The van der Waals surface area contributed by atoms with Crippen molar-refractivity contribution < 1.29 is 0 Å². The summed E-state index contributed by atoms with van der Waals surface area (Å²) in [5, 5.41) is 2.99. The first kappa shape index (κ1) is 15.3. The van der Waals surface area contributed by atoms with Crippen molar-refractivity contribution in [1.82, 2.24) is 18.7 Å². The molecule has 2 aromatic rings. The molecule has 0 fully saturated rings. The maximum Gasteiger partial charge on any atom is 0.332 e. The van der Waals surface area contributed by atoms with Crippen LogP contribution >= 0.6 is 0 Å². The number of rotatable bonds is 6. The van der Waals surface area contributed by atoms with E-state index in [-0.39, 0.29) is 11.2 Å². The van der Waals surface area contributed by atoms with Crippen molar-refractivity contribution in [1.29, 1.82) is 0 Å². The molecule has 0 amide bonds. The largest absolute Gasteiger partial charge is 0.359 e. The summed E-state index contributed by atoms with van der Waals surface area (Å²) in [6.07, 6.45) is 1.86. The molecule has 2 aromatic heterocycles. The second-order valence-corrected chi connectivity index (χ2v) is 4.94. The third-order valence-corrected chi connectivity index (χ3v) is 3.71. The Hall–Kier alpha value is -2.05. The summed E-state index contributed by atoms with van der Waals surface area (Å²) in [5.74, 6) is 0.614. The van der Waals surface area contributed by atoms with Crippen LogP contribution in [0.25, 0.3) is 11.2 Å². The van der Waals surface area contributed by atoms with E-state index in [1.54, 1.807) is 11.6 Å². The minimum absolute atomic E-state index is 0.263. The first-order valence-corrected chi connectivity index (χ1v) is 7.52. The van der Waals surface area contributed by atoms with Gasteiger partial charge in [0.15, 0.2) is 11.2 Å². The van der Waals surface area contributed by atoms with Gasteiger partial charge >= 0.3 is 5.69 Å². The van der Waals surface area contributed by atoms with Gasteiger partial charge in [0.2, 0.25) is 5.95 Å². The lowest BCUT2D eigenvalue weighted by atomic mass is 10.3. The van der Waals surface area contributed by atoms with Gasteiger partial charge in [-0.3, -0.25) is 13.9 Å². The summed E-state index contributed by atoms with van der Waals surface area (Å²) in [6.45, 7) is 7.41. The third kappa shape index (κ3) is 2.36. The van der Waals surface area contributed by atoms with Gasteiger partial charge in [-0.15, -0.1) is 0 Å². The molecule has 0 saturated heterocycles. The molecule has 0 atom stereocenters. The Balaban J connectivity index is 2.91. The molecule has 0 aromatic carbocycles. The summed E-state index contributed by atoms with van der Waals surface area (Å²) in [7, 11) is 1.76. The highest BCUT2D eigenvalue weighted by Crippen LogP contribution is 2.15. The minimum Gasteiger partial charge on any atom is -0.359 e. The molecular formula is C14H23N5O2. The normalized spacial score (nSPS) is 11.2. The predicted molar refractivity (Wildman–Crippen MR) is 84.1 cm³/mol. The van der Waals surface area contributed by atoms with E-state index >= 15 is 0 Å². The zero-order valence-electron chi connectivity index (χ0n) is 13.1. The van der Waals surface area contributed by atoms with Gasteiger partial charge in [0, 0.05) is 26.7 Å². The highest BCUT2D eigenvalue weighted by molar-refractivity contribution is 5.74. The fraction of sp³-hybridized carbons (Fsp3) is 0.643. The Kier molecular flexibility index (Phi) is 4.50. The van der Waals surface area contributed by atoms with Crippen LogP contribution in [-0.2, 0) is 19.6 Å². The molecule has 0 spiro atoms. The van der Waals surface area contributed by atoms with Crippen LogP contribution in [0.3, 0.4) is 0 Å². The average Bonchev–Trinajstić information content (AvgIpc) is 2.86. The molecule has 7 nitrogen and oxygen atoms in total. The molecule has 0 aliphatic heterocycles. The Morgan fingerprint density at radius 2 is 1.71 bits per heavy atom. The van der Waals surface area contributed by atoms with E-state index in [4.69, 9.17) is 0 Å². The quantitative estimate of drug-likeness (QED) is 0.869. The molecule has 1 N–H and O–H groups in total. The Morgan fingerprint density at radius 1 is 1.05 bits per heavy atom. The van der Waals surface area contributed by atoms with Crippen LogP contribution in [0.1, 0.15) is 33.6 Å². The summed E-state index contributed by atoms with van der Waals surface area (Å²) >= 11 is 0. The van der Waals surface area contributed by atoms with Crippen molar-refractivity contribution in [3.05, 3.63) is 20.8 Å². The van der Waals surface area contributed by atoms with E-state index in [0.29, 0.717) is 36.7 Å². The second-order valence-electron chi connectivity index (χ2n) is 4.94. The standard InChI is InChI=1S/C14H23N5O2/c1-5-8-9-19-11-10(12(20)18(7-3)14(19)21)17(6-2)13(15-4)16-11/h5-9H2,1-4H3,(H,15,16). The van der Waals surface area contributed by atoms with Gasteiger partial charge in [0.05, 0.1) is 0 Å². The van der Waals surface area contributed by atoms with E-state index in [9.17, 15) is 9.59 Å². The second kappa shape index (κ2) is 6.15. The first-order chi connectivity index (χ1) is 10.1. The lowest BCUT2D eigenvalue weighted by Gasteiger charge is -2.10. The van der Waals surface area contributed by atoms with Crippen molar-refractivity contribution in [2.24, 2.45) is 0 Å². The lowest BCUT2D eigenvalue weighted by Crippen LogP contribution is -2.40. The first-order valence-electron chi connectivity index (χ1n) is 7.52. The molecule has 7 heteroatoms. The van der Waals surface area contributed by atoms with Crippen LogP contribution in [0, 0.1) is 0 Å². The van der Waals surface area contributed by atoms with Gasteiger partial charge in [-0.1, -0.05) is 13.3 Å². The number of anilines is 1. The molecule has 21 heavy (non-hydrogen) atoms. The number of hydrogen-bond acceptors (Lipinski definition) is 4. The van der Waals surface area contributed by atoms with Crippen molar-refractivity contribution in [3.8, 4) is 0 Å². The topological polar surface area (TPSA) is 73.8 Å². The molecule has 2 rings (SSSR count). The van der Waals surface area contributed by atoms with Crippen LogP contribution in [0.15, 0.2) is 9.59 Å². The third-order valence-electron chi connectivity index (χ3n) is 3.71. The van der Waals surface area contributed by atoms with Crippen LogP contribution in [-0.4, -0.2) is 25.7 Å². The lowest BCUT2D eigenvalue weighted by molar-refractivity contribution is 0.560. The van der Waals surface area contributed by atoms with E-state index in [2.05, 4.69) is 17.2 Å². The fourth-order valence-electron chi connectivity index (χ4n) is 2.59. The molecule has 116 valence electrons. The maximum atomic E-state index is 12.6.